The van der Waals surface area contributed by atoms with E-state index in [9.17, 15) is 4.79 Å². The number of anilines is 1. The molecule has 0 saturated carbocycles. The molecule has 0 spiro atoms. The van der Waals surface area contributed by atoms with Crippen molar-refractivity contribution in [3.05, 3.63) is 47.4 Å². The highest BCUT2D eigenvalue weighted by Crippen LogP contribution is 2.30. The molecular weight excluding hydrogens is 338 g/mol. The molecule has 0 unspecified atom stereocenters. The number of imidazole rings is 1. The van der Waals surface area contributed by atoms with Crippen LogP contribution in [0.25, 0.3) is 17.0 Å². The number of nitrogens with one attached hydrogen (secondary N) is 1. The summed E-state index contributed by atoms with van der Waals surface area (Å²) in [5, 5.41) is 3.52. The van der Waals surface area contributed by atoms with Crippen molar-refractivity contribution in [1.29, 1.82) is 0 Å². The molecule has 1 aliphatic heterocycles. The lowest BCUT2D eigenvalue weighted by atomic mass is 10.1. The summed E-state index contributed by atoms with van der Waals surface area (Å²) < 4.78 is 1.87. The molecule has 1 fully saturated rings. The molecule has 0 bridgehead atoms. The van der Waals surface area contributed by atoms with E-state index in [4.69, 9.17) is 11.6 Å². The number of aryl methyl sites for hydroxylation is 1. The van der Waals surface area contributed by atoms with Crippen LogP contribution in [0.2, 0.25) is 5.02 Å². The van der Waals surface area contributed by atoms with Gasteiger partial charge in [-0.2, -0.15) is 0 Å². The molecule has 0 atom stereocenters. The van der Waals surface area contributed by atoms with Crippen LogP contribution in [0, 0.1) is 6.92 Å². The summed E-state index contributed by atoms with van der Waals surface area (Å²) in [6.45, 7) is 3.60. The number of hydrogen-bond donors (Lipinski definition) is 1. The van der Waals surface area contributed by atoms with Gasteiger partial charge in [-0.15, -0.1) is 0 Å². The Hall–Kier alpha value is -2.60. The van der Waals surface area contributed by atoms with Gasteiger partial charge in [0.25, 0.3) is 0 Å². The van der Waals surface area contributed by atoms with Gasteiger partial charge in [-0.05, 0) is 43.5 Å². The molecule has 6 nitrogen and oxygen atoms in total. The number of hydrogen-bond acceptors (Lipinski definition) is 3. The zero-order valence-corrected chi connectivity index (χ0v) is 14.6. The Kier molecular flexibility index (Phi) is 4.05. The van der Waals surface area contributed by atoms with Crippen molar-refractivity contribution in [2.24, 2.45) is 0 Å². The SMILES string of the molecule is Cc1cnc2nc(-c3cc(NC(=O)N4CCCC4)ccc3Cl)cn2c1. The van der Waals surface area contributed by atoms with Crippen molar-refractivity contribution in [1.82, 2.24) is 19.3 Å². The molecule has 7 heteroatoms. The first-order valence-corrected chi connectivity index (χ1v) is 8.65. The van der Waals surface area contributed by atoms with E-state index in [2.05, 4.69) is 15.3 Å². The van der Waals surface area contributed by atoms with Gasteiger partial charge in [0, 0.05) is 42.9 Å². The number of fused-ring (bicyclic) bond motifs is 1. The van der Waals surface area contributed by atoms with Crippen LogP contribution in [0.3, 0.4) is 0 Å². The van der Waals surface area contributed by atoms with Crippen molar-refractivity contribution in [3.8, 4) is 11.3 Å². The highest BCUT2D eigenvalue weighted by molar-refractivity contribution is 6.33. The third kappa shape index (κ3) is 3.17. The summed E-state index contributed by atoms with van der Waals surface area (Å²) in [6.07, 6.45) is 7.76. The normalized spacial score (nSPS) is 14.2. The monoisotopic (exact) mass is 355 g/mol. The quantitative estimate of drug-likeness (QED) is 0.756. The Labute approximate surface area is 150 Å². The fourth-order valence-electron chi connectivity index (χ4n) is 3.04. The van der Waals surface area contributed by atoms with Crippen LogP contribution in [-0.4, -0.2) is 38.4 Å². The molecule has 3 heterocycles. The first-order valence-electron chi connectivity index (χ1n) is 8.27. The molecule has 25 heavy (non-hydrogen) atoms. The van der Waals surface area contributed by atoms with Crippen molar-refractivity contribution < 1.29 is 4.79 Å². The van der Waals surface area contributed by atoms with Gasteiger partial charge in [0.05, 0.1) is 10.7 Å². The lowest BCUT2D eigenvalue weighted by molar-refractivity contribution is 0.222. The van der Waals surface area contributed by atoms with Gasteiger partial charge in [0.2, 0.25) is 5.78 Å². The molecular formula is C18H18ClN5O. The third-order valence-electron chi connectivity index (χ3n) is 4.33. The third-order valence-corrected chi connectivity index (χ3v) is 4.66. The number of carbonyl (C=O) groups is 1. The number of benzene rings is 1. The maximum atomic E-state index is 12.3. The first-order chi connectivity index (χ1) is 12.1. The minimum absolute atomic E-state index is 0.0712. The summed E-state index contributed by atoms with van der Waals surface area (Å²) in [5.74, 6) is 0.614. The standard InChI is InChI=1S/C18H18ClN5O/c1-12-9-20-17-22-16(11-24(17)10-12)14-8-13(4-5-15(14)19)21-18(25)23-6-2-3-7-23/h4-5,8-11H,2-3,6-7H2,1H3,(H,21,25). The Balaban J connectivity index is 1.65. The molecule has 1 aromatic carbocycles. The van der Waals surface area contributed by atoms with E-state index in [1.54, 1.807) is 18.3 Å². The molecule has 2 amide bonds. The van der Waals surface area contributed by atoms with Gasteiger partial charge in [-0.1, -0.05) is 11.6 Å². The van der Waals surface area contributed by atoms with E-state index in [-0.39, 0.29) is 6.03 Å². The van der Waals surface area contributed by atoms with E-state index in [0.29, 0.717) is 16.5 Å². The molecule has 2 aromatic heterocycles. The van der Waals surface area contributed by atoms with Crippen molar-refractivity contribution in [2.75, 3.05) is 18.4 Å². The maximum absolute atomic E-state index is 12.3. The summed E-state index contributed by atoms with van der Waals surface area (Å²) in [4.78, 5) is 22.9. The first kappa shape index (κ1) is 15.9. The fraction of sp³-hybridized carbons (Fsp3) is 0.278. The van der Waals surface area contributed by atoms with Gasteiger partial charge in [-0.25, -0.2) is 14.8 Å². The van der Waals surface area contributed by atoms with E-state index in [1.807, 2.05) is 34.7 Å². The fourth-order valence-corrected chi connectivity index (χ4v) is 3.25. The zero-order valence-electron chi connectivity index (χ0n) is 13.9. The largest absolute Gasteiger partial charge is 0.325 e. The minimum atomic E-state index is -0.0712. The number of rotatable bonds is 2. The Bertz CT molecular complexity index is 946. The van der Waals surface area contributed by atoms with E-state index >= 15 is 0 Å². The molecule has 3 aromatic rings. The molecule has 0 aliphatic carbocycles. The van der Waals surface area contributed by atoms with Crippen molar-refractivity contribution in [3.63, 3.8) is 0 Å². The second-order valence-corrected chi connectivity index (χ2v) is 6.69. The predicted molar refractivity (Wildman–Crippen MR) is 98.0 cm³/mol. The zero-order chi connectivity index (χ0) is 17.4. The number of urea groups is 1. The molecule has 1 aliphatic rings. The lowest BCUT2D eigenvalue weighted by Gasteiger charge is -2.16. The van der Waals surface area contributed by atoms with Gasteiger partial charge >= 0.3 is 6.03 Å². The average Bonchev–Trinajstić information content (AvgIpc) is 3.25. The topological polar surface area (TPSA) is 62.5 Å². The van der Waals surface area contributed by atoms with E-state index < -0.39 is 0 Å². The van der Waals surface area contributed by atoms with E-state index in [1.165, 1.54) is 0 Å². The van der Waals surface area contributed by atoms with Crippen LogP contribution in [0.4, 0.5) is 10.5 Å². The minimum Gasteiger partial charge on any atom is -0.325 e. The van der Waals surface area contributed by atoms with Crippen LogP contribution < -0.4 is 5.32 Å². The van der Waals surface area contributed by atoms with Gasteiger partial charge in [0.15, 0.2) is 0 Å². The predicted octanol–water partition coefficient (Wildman–Crippen LogP) is 3.99. The maximum Gasteiger partial charge on any atom is 0.321 e. The van der Waals surface area contributed by atoms with Crippen LogP contribution in [-0.2, 0) is 0 Å². The average molecular weight is 356 g/mol. The number of likely N-dealkylation sites (tertiary alicyclic amines) is 1. The molecule has 128 valence electrons. The second kappa shape index (κ2) is 6.37. The summed E-state index contributed by atoms with van der Waals surface area (Å²) in [5.41, 5.74) is 3.25. The second-order valence-electron chi connectivity index (χ2n) is 6.28. The van der Waals surface area contributed by atoms with E-state index in [0.717, 1.165) is 42.8 Å². The molecule has 4 rings (SSSR count). The Morgan fingerprint density at radius 3 is 2.84 bits per heavy atom. The van der Waals surface area contributed by atoms with Crippen LogP contribution in [0.1, 0.15) is 18.4 Å². The van der Waals surface area contributed by atoms with Gasteiger partial charge < -0.3 is 10.2 Å². The number of carbonyl (C=O) groups excluding carboxylic acids is 1. The highest BCUT2D eigenvalue weighted by Gasteiger charge is 2.18. The number of nitrogens with zero attached hydrogens (tertiary/aromatic N) is 4. The van der Waals surface area contributed by atoms with Crippen molar-refractivity contribution in [2.45, 2.75) is 19.8 Å². The number of halogens is 1. The number of aromatic nitrogens is 3. The van der Waals surface area contributed by atoms with Crippen LogP contribution in [0.15, 0.2) is 36.8 Å². The Morgan fingerprint density at radius 1 is 1.24 bits per heavy atom. The van der Waals surface area contributed by atoms with Crippen molar-refractivity contribution >= 4 is 29.1 Å². The van der Waals surface area contributed by atoms with Crippen LogP contribution >= 0.6 is 11.6 Å². The summed E-state index contributed by atoms with van der Waals surface area (Å²) >= 11 is 6.36. The summed E-state index contributed by atoms with van der Waals surface area (Å²) in [6, 6.07) is 5.36. The highest BCUT2D eigenvalue weighted by atomic mass is 35.5. The van der Waals surface area contributed by atoms with Gasteiger partial charge in [-0.3, -0.25) is 4.40 Å². The molecule has 1 N–H and O–H groups in total. The lowest BCUT2D eigenvalue weighted by Crippen LogP contribution is -2.32. The molecule has 1 saturated heterocycles. The summed E-state index contributed by atoms with van der Waals surface area (Å²) in [7, 11) is 0. The Morgan fingerprint density at radius 2 is 2.04 bits per heavy atom. The molecule has 0 radical (unpaired) electrons. The number of amides is 2. The smallest absolute Gasteiger partial charge is 0.321 e. The van der Waals surface area contributed by atoms with Crippen LogP contribution in [0.5, 0.6) is 0 Å². The van der Waals surface area contributed by atoms with Gasteiger partial charge in [0.1, 0.15) is 0 Å².